The fourth-order valence-corrected chi connectivity index (χ4v) is 1.35. The summed E-state index contributed by atoms with van der Waals surface area (Å²) in [6.07, 6.45) is 6.03. The van der Waals surface area contributed by atoms with Gasteiger partial charge in [-0.3, -0.25) is 0 Å². The molecule has 1 aromatic heterocycles. The third kappa shape index (κ3) is 1.98. The number of allylic oxidation sites excluding steroid dienone is 1. The minimum absolute atomic E-state index is 0.0889. The van der Waals surface area contributed by atoms with Gasteiger partial charge in [0.2, 0.25) is 0 Å². The highest BCUT2D eigenvalue weighted by Gasteiger charge is 2.15. The van der Waals surface area contributed by atoms with Crippen molar-refractivity contribution in [1.82, 2.24) is 4.57 Å². The molecule has 13 heavy (non-hydrogen) atoms. The molecule has 0 fully saturated rings. The maximum atomic E-state index is 5.23. The Hall–Kier alpha value is -1.09. The average molecular weight is 181 g/mol. The fraction of sp³-hybridized carbons (Fsp3) is 0.500. The summed E-state index contributed by atoms with van der Waals surface area (Å²) in [5.74, 6) is 1.18. The molecule has 3 heteroatoms. The molecular weight excluding hydrogens is 164 g/mol. The molecule has 1 heterocycles. The number of hydrogen-bond acceptors (Lipinski definition) is 1. The molecule has 3 nitrogen and oxygen atoms in total. The summed E-state index contributed by atoms with van der Waals surface area (Å²) < 4.78 is 9.45. The molecule has 0 aliphatic heterocycles. The fourth-order valence-electron chi connectivity index (χ4n) is 1.35. The largest absolute Gasteiger partial charge is 0.343 e. The molecule has 0 bridgehead atoms. The molecule has 72 valence electrons. The number of rotatable bonds is 4. The second-order valence-corrected chi connectivity index (χ2v) is 3.03. The van der Waals surface area contributed by atoms with Gasteiger partial charge in [0.1, 0.15) is 18.9 Å². The van der Waals surface area contributed by atoms with Crippen LogP contribution in [0.4, 0.5) is 0 Å². The molecule has 0 amide bonds. The summed E-state index contributed by atoms with van der Waals surface area (Å²) in [6, 6.07) is 0. The van der Waals surface area contributed by atoms with E-state index in [-0.39, 0.29) is 6.23 Å². The van der Waals surface area contributed by atoms with Gasteiger partial charge in [0.05, 0.1) is 0 Å². The SMILES string of the molecule is C=CCn1cc[n+](C(C)OC)c1C. The first-order chi connectivity index (χ1) is 6.20. The first-order valence-electron chi connectivity index (χ1n) is 4.41. The predicted molar refractivity (Wildman–Crippen MR) is 51.3 cm³/mol. The van der Waals surface area contributed by atoms with E-state index in [1.807, 2.05) is 25.4 Å². The number of aromatic nitrogens is 2. The van der Waals surface area contributed by atoms with Crippen molar-refractivity contribution in [3.05, 3.63) is 30.9 Å². The van der Waals surface area contributed by atoms with Crippen LogP contribution in [0.15, 0.2) is 25.0 Å². The highest BCUT2D eigenvalue weighted by molar-refractivity contribution is 4.83. The lowest BCUT2D eigenvalue weighted by atomic mass is 10.5. The molecule has 0 aromatic carbocycles. The van der Waals surface area contributed by atoms with Crippen LogP contribution in [-0.2, 0) is 11.3 Å². The monoisotopic (exact) mass is 181 g/mol. The summed E-state index contributed by atoms with van der Waals surface area (Å²) in [6.45, 7) is 8.64. The van der Waals surface area contributed by atoms with Crippen molar-refractivity contribution in [3.63, 3.8) is 0 Å². The van der Waals surface area contributed by atoms with Crippen molar-refractivity contribution in [3.8, 4) is 0 Å². The maximum absolute atomic E-state index is 5.23. The Balaban J connectivity index is 2.91. The second kappa shape index (κ2) is 4.23. The summed E-state index contributed by atoms with van der Waals surface area (Å²) in [7, 11) is 1.71. The number of methoxy groups -OCH3 is 1. The Morgan fingerprint density at radius 3 is 3.00 bits per heavy atom. The van der Waals surface area contributed by atoms with Crippen LogP contribution in [0.2, 0.25) is 0 Å². The minimum atomic E-state index is 0.0889. The molecule has 0 saturated carbocycles. The third-order valence-electron chi connectivity index (χ3n) is 2.26. The van der Waals surface area contributed by atoms with Gasteiger partial charge in [-0.1, -0.05) is 12.7 Å². The smallest absolute Gasteiger partial charge is 0.255 e. The molecule has 1 unspecified atom stereocenters. The van der Waals surface area contributed by atoms with Crippen LogP contribution >= 0.6 is 0 Å². The quantitative estimate of drug-likeness (QED) is 0.507. The van der Waals surface area contributed by atoms with Crippen LogP contribution in [0.5, 0.6) is 0 Å². The Morgan fingerprint density at radius 1 is 1.77 bits per heavy atom. The molecule has 0 spiro atoms. The van der Waals surface area contributed by atoms with Crippen LogP contribution in [0.25, 0.3) is 0 Å². The van der Waals surface area contributed by atoms with E-state index in [4.69, 9.17) is 4.74 Å². The molecule has 1 atom stereocenters. The Labute approximate surface area is 79.3 Å². The summed E-state index contributed by atoms with van der Waals surface area (Å²) >= 11 is 0. The average Bonchev–Trinajstić information content (AvgIpc) is 2.48. The minimum Gasteiger partial charge on any atom is -0.343 e. The van der Waals surface area contributed by atoms with Gasteiger partial charge in [-0.15, -0.1) is 0 Å². The predicted octanol–water partition coefficient (Wildman–Crippen LogP) is 1.43. The van der Waals surface area contributed by atoms with E-state index in [2.05, 4.69) is 22.6 Å². The topological polar surface area (TPSA) is 18.0 Å². The van der Waals surface area contributed by atoms with Crippen LogP contribution in [0.3, 0.4) is 0 Å². The molecule has 1 rings (SSSR count). The van der Waals surface area contributed by atoms with E-state index < -0.39 is 0 Å². The van der Waals surface area contributed by atoms with Crippen molar-refractivity contribution in [1.29, 1.82) is 0 Å². The van der Waals surface area contributed by atoms with Crippen molar-refractivity contribution < 1.29 is 9.30 Å². The Morgan fingerprint density at radius 2 is 2.46 bits per heavy atom. The number of imidazole rings is 1. The Kier molecular flexibility index (Phi) is 3.25. The van der Waals surface area contributed by atoms with Crippen LogP contribution < -0.4 is 4.57 Å². The van der Waals surface area contributed by atoms with Gasteiger partial charge in [0.25, 0.3) is 5.82 Å². The van der Waals surface area contributed by atoms with E-state index in [0.717, 1.165) is 6.54 Å². The Bertz CT molecular complexity index is 291. The van der Waals surface area contributed by atoms with Gasteiger partial charge in [-0.2, -0.15) is 0 Å². The molecule has 0 radical (unpaired) electrons. The van der Waals surface area contributed by atoms with Crippen molar-refractivity contribution in [2.24, 2.45) is 0 Å². The van der Waals surface area contributed by atoms with Crippen LogP contribution in [0, 0.1) is 6.92 Å². The summed E-state index contributed by atoms with van der Waals surface area (Å²) in [4.78, 5) is 0. The molecule has 0 aliphatic carbocycles. The zero-order chi connectivity index (χ0) is 9.84. The molecule has 0 aliphatic rings. The second-order valence-electron chi connectivity index (χ2n) is 3.03. The van der Waals surface area contributed by atoms with Crippen LogP contribution in [0.1, 0.15) is 19.0 Å². The van der Waals surface area contributed by atoms with Gasteiger partial charge in [0, 0.05) is 21.0 Å². The number of nitrogens with zero attached hydrogens (tertiary/aromatic N) is 2. The third-order valence-corrected chi connectivity index (χ3v) is 2.26. The summed E-state index contributed by atoms with van der Waals surface area (Å²) in [5.41, 5.74) is 0. The molecule has 1 aromatic rings. The lowest BCUT2D eigenvalue weighted by Gasteiger charge is -2.06. The number of hydrogen-bond donors (Lipinski definition) is 0. The van der Waals surface area contributed by atoms with E-state index in [0.29, 0.717) is 0 Å². The lowest BCUT2D eigenvalue weighted by Crippen LogP contribution is -2.40. The van der Waals surface area contributed by atoms with Crippen LogP contribution in [-0.4, -0.2) is 11.7 Å². The van der Waals surface area contributed by atoms with Gasteiger partial charge in [0.15, 0.2) is 6.23 Å². The molecular formula is C10H17N2O+. The van der Waals surface area contributed by atoms with E-state index in [1.54, 1.807) is 7.11 Å². The highest BCUT2D eigenvalue weighted by atomic mass is 16.5. The first kappa shape index (κ1) is 9.99. The lowest BCUT2D eigenvalue weighted by molar-refractivity contribution is -0.761. The van der Waals surface area contributed by atoms with Crippen molar-refractivity contribution in [2.45, 2.75) is 26.6 Å². The van der Waals surface area contributed by atoms with Crippen molar-refractivity contribution in [2.75, 3.05) is 7.11 Å². The first-order valence-corrected chi connectivity index (χ1v) is 4.41. The summed E-state index contributed by atoms with van der Waals surface area (Å²) in [5, 5.41) is 0. The number of ether oxygens (including phenoxy) is 1. The molecule has 0 saturated heterocycles. The van der Waals surface area contributed by atoms with E-state index in [1.165, 1.54) is 5.82 Å². The molecule has 0 N–H and O–H groups in total. The van der Waals surface area contributed by atoms with Gasteiger partial charge in [-0.05, 0) is 0 Å². The van der Waals surface area contributed by atoms with Gasteiger partial charge < -0.3 is 4.74 Å². The van der Waals surface area contributed by atoms with Gasteiger partial charge in [-0.25, -0.2) is 9.13 Å². The van der Waals surface area contributed by atoms with E-state index in [9.17, 15) is 0 Å². The highest BCUT2D eigenvalue weighted by Crippen LogP contribution is 2.00. The van der Waals surface area contributed by atoms with E-state index >= 15 is 0 Å². The van der Waals surface area contributed by atoms with Crippen molar-refractivity contribution >= 4 is 0 Å². The normalized spacial score (nSPS) is 12.8. The maximum Gasteiger partial charge on any atom is 0.255 e. The zero-order valence-corrected chi connectivity index (χ0v) is 8.53. The van der Waals surface area contributed by atoms with Gasteiger partial charge >= 0.3 is 0 Å². The zero-order valence-electron chi connectivity index (χ0n) is 8.53. The standard InChI is InChI=1S/C10H17N2O/c1-5-6-11-7-8-12(9(11)2)10(3)13-4/h5,7-8,10H,1,6H2,2-4H3/q+1.